The lowest BCUT2D eigenvalue weighted by molar-refractivity contribution is 0.0462. The molecule has 0 aliphatic carbocycles. The third-order valence-electron chi connectivity index (χ3n) is 4.74. The monoisotopic (exact) mass is 350 g/mol. The molecule has 26 heavy (non-hydrogen) atoms. The summed E-state index contributed by atoms with van der Waals surface area (Å²) >= 11 is 0. The average molecular weight is 350 g/mol. The Balaban J connectivity index is 1.57. The SMILES string of the molecule is C[C@@H]1Oc2c(C(=O)OCc3cc(=O)n4ccccc4n3)cccc2[C@H]1C. The van der Waals surface area contributed by atoms with E-state index in [0.717, 1.165) is 5.56 Å². The summed E-state index contributed by atoms with van der Waals surface area (Å²) in [6, 6.07) is 12.1. The van der Waals surface area contributed by atoms with Gasteiger partial charge in [0, 0.05) is 23.7 Å². The molecule has 3 aromatic rings. The minimum Gasteiger partial charge on any atom is -0.489 e. The van der Waals surface area contributed by atoms with Crippen LogP contribution >= 0.6 is 0 Å². The lowest BCUT2D eigenvalue weighted by Crippen LogP contribution is -2.16. The molecule has 0 bridgehead atoms. The third-order valence-corrected chi connectivity index (χ3v) is 4.74. The lowest BCUT2D eigenvalue weighted by atomic mass is 9.97. The van der Waals surface area contributed by atoms with Crippen molar-refractivity contribution in [2.45, 2.75) is 32.5 Å². The van der Waals surface area contributed by atoms with Crippen LogP contribution in [-0.4, -0.2) is 21.5 Å². The van der Waals surface area contributed by atoms with Crippen LogP contribution in [0.5, 0.6) is 5.75 Å². The molecule has 0 spiro atoms. The molecule has 2 atom stereocenters. The van der Waals surface area contributed by atoms with Gasteiger partial charge in [-0.2, -0.15) is 0 Å². The van der Waals surface area contributed by atoms with Crippen molar-refractivity contribution in [2.24, 2.45) is 0 Å². The van der Waals surface area contributed by atoms with Gasteiger partial charge in [0.25, 0.3) is 5.56 Å². The van der Waals surface area contributed by atoms with Crippen molar-refractivity contribution in [3.63, 3.8) is 0 Å². The number of ether oxygens (including phenoxy) is 2. The molecule has 3 heterocycles. The first-order chi connectivity index (χ1) is 12.5. The Labute approximate surface area is 150 Å². The molecule has 0 unspecified atom stereocenters. The fraction of sp³-hybridized carbons (Fsp3) is 0.250. The van der Waals surface area contributed by atoms with E-state index in [1.807, 2.05) is 19.1 Å². The lowest BCUT2D eigenvalue weighted by Gasteiger charge is -2.10. The van der Waals surface area contributed by atoms with Gasteiger partial charge in [0.1, 0.15) is 29.7 Å². The fourth-order valence-electron chi connectivity index (χ4n) is 3.14. The predicted octanol–water partition coefficient (Wildman–Crippen LogP) is 2.94. The van der Waals surface area contributed by atoms with Crippen LogP contribution in [0, 0.1) is 0 Å². The summed E-state index contributed by atoms with van der Waals surface area (Å²) in [5, 5.41) is 0. The van der Waals surface area contributed by atoms with Crippen molar-refractivity contribution in [3.8, 4) is 5.75 Å². The normalized spacial score (nSPS) is 18.4. The highest BCUT2D eigenvalue weighted by Gasteiger charge is 2.31. The number of fused-ring (bicyclic) bond motifs is 2. The van der Waals surface area contributed by atoms with E-state index < -0.39 is 5.97 Å². The van der Waals surface area contributed by atoms with Crippen molar-refractivity contribution in [2.75, 3.05) is 0 Å². The minimum absolute atomic E-state index is 0.0150. The van der Waals surface area contributed by atoms with Crippen molar-refractivity contribution < 1.29 is 14.3 Å². The first-order valence-corrected chi connectivity index (χ1v) is 8.48. The van der Waals surface area contributed by atoms with Crippen LogP contribution in [0.4, 0.5) is 0 Å². The number of carbonyl (C=O) groups is 1. The van der Waals surface area contributed by atoms with Crippen LogP contribution in [-0.2, 0) is 11.3 Å². The molecule has 1 aromatic carbocycles. The van der Waals surface area contributed by atoms with Crippen LogP contribution in [0.25, 0.3) is 5.65 Å². The molecule has 0 N–H and O–H groups in total. The summed E-state index contributed by atoms with van der Waals surface area (Å²) < 4.78 is 12.7. The second-order valence-corrected chi connectivity index (χ2v) is 6.43. The number of carbonyl (C=O) groups excluding carboxylic acids is 1. The number of benzene rings is 1. The first kappa shape index (κ1) is 16.3. The highest BCUT2D eigenvalue weighted by atomic mass is 16.5. The van der Waals surface area contributed by atoms with E-state index >= 15 is 0 Å². The standard InChI is InChI=1S/C20H18N2O4/c1-12-13(2)26-19-15(12)6-5-7-16(19)20(24)25-11-14-10-18(23)22-9-4-3-8-17(22)21-14/h3-10,12-13H,11H2,1-2H3/t12-,13-/m0/s1. The Morgan fingerprint density at radius 3 is 2.92 bits per heavy atom. The number of pyridine rings is 1. The number of esters is 1. The molecule has 0 saturated heterocycles. The molecule has 0 amide bonds. The summed E-state index contributed by atoms with van der Waals surface area (Å²) in [7, 11) is 0. The summed E-state index contributed by atoms with van der Waals surface area (Å²) in [5.74, 6) is 0.321. The van der Waals surface area contributed by atoms with E-state index in [9.17, 15) is 9.59 Å². The third kappa shape index (κ3) is 2.73. The van der Waals surface area contributed by atoms with Gasteiger partial charge in [-0.3, -0.25) is 9.20 Å². The Morgan fingerprint density at radius 1 is 1.23 bits per heavy atom. The van der Waals surface area contributed by atoms with Crippen LogP contribution in [0.3, 0.4) is 0 Å². The number of rotatable bonds is 3. The maximum atomic E-state index is 12.5. The Morgan fingerprint density at radius 2 is 2.08 bits per heavy atom. The van der Waals surface area contributed by atoms with Gasteiger partial charge in [0.2, 0.25) is 0 Å². The largest absolute Gasteiger partial charge is 0.489 e. The molecule has 0 radical (unpaired) electrons. The van der Waals surface area contributed by atoms with Gasteiger partial charge in [-0.1, -0.05) is 25.1 Å². The highest BCUT2D eigenvalue weighted by molar-refractivity contribution is 5.93. The zero-order chi connectivity index (χ0) is 18.3. The molecule has 6 nitrogen and oxygen atoms in total. The van der Waals surface area contributed by atoms with E-state index in [4.69, 9.17) is 9.47 Å². The maximum absolute atomic E-state index is 12.5. The molecule has 1 aliphatic heterocycles. The first-order valence-electron chi connectivity index (χ1n) is 8.48. The zero-order valence-corrected chi connectivity index (χ0v) is 14.5. The quantitative estimate of drug-likeness (QED) is 0.679. The summed E-state index contributed by atoms with van der Waals surface area (Å²) in [6.45, 7) is 3.97. The van der Waals surface area contributed by atoms with E-state index in [-0.39, 0.29) is 24.2 Å². The van der Waals surface area contributed by atoms with Gasteiger partial charge < -0.3 is 9.47 Å². The van der Waals surface area contributed by atoms with Gasteiger partial charge in [-0.25, -0.2) is 9.78 Å². The van der Waals surface area contributed by atoms with Gasteiger partial charge in [0.05, 0.1) is 5.69 Å². The molecular formula is C20H18N2O4. The Hall–Kier alpha value is -3.15. The Kier molecular flexibility index (Phi) is 3.95. The molecule has 0 fully saturated rings. The molecule has 4 rings (SSSR count). The second-order valence-electron chi connectivity index (χ2n) is 6.43. The van der Waals surface area contributed by atoms with Crippen molar-refractivity contribution >= 4 is 11.6 Å². The zero-order valence-electron chi connectivity index (χ0n) is 14.5. The molecule has 2 aromatic heterocycles. The average Bonchev–Trinajstić information content (AvgIpc) is 2.94. The van der Waals surface area contributed by atoms with E-state index in [1.54, 1.807) is 30.5 Å². The van der Waals surface area contributed by atoms with Gasteiger partial charge in [-0.05, 0) is 25.1 Å². The predicted molar refractivity (Wildman–Crippen MR) is 95.5 cm³/mol. The van der Waals surface area contributed by atoms with Crippen molar-refractivity contribution in [3.05, 3.63) is 75.8 Å². The molecule has 0 saturated carbocycles. The molecule has 1 aliphatic rings. The molecular weight excluding hydrogens is 332 g/mol. The minimum atomic E-state index is -0.488. The van der Waals surface area contributed by atoms with Gasteiger partial charge in [-0.15, -0.1) is 0 Å². The van der Waals surface area contributed by atoms with Crippen LogP contribution < -0.4 is 10.3 Å². The number of hydrogen-bond donors (Lipinski definition) is 0. The smallest absolute Gasteiger partial charge is 0.342 e. The molecule has 6 heteroatoms. The van der Waals surface area contributed by atoms with Crippen molar-refractivity contribution in [1.29, 1.82) is 0 Å². The van der Waals surface area contributed by atoms with Crippen molar-refractivity contribution in [1.82, 2.24) is 9.38 Å². The van der Waals surface area contributed by atoms with Gasteiger partial charge >= 0.3 is 5.97 Å². The number of para-hydroxylation sites is 1. The van der Waals surface area contributed by atoms with E-state index in [2.05, 4.69) is 11.9 Å². The number of aromatic nitrogens is 2. The second kappa shape index (κ2) is 6.29. The fourth-order valence-corrected chi connectivity index (χ4v) is 3.14. The van der Waals surface area contributed by atoms with E-state index in [1.165, 1.54) is 10.5 Å². The number of hydrogen-bond acceptors (Lipinski definition) is 5. The number of nitrogens with zero attached hydrogens (tertiary/aromatic N) is 2. The summed E-state index contributed by atoms with van der Waals surface area (Å²) in [5.41, 5.74) is 2.11. The van der Waals surface area contributed by atoms with Crippen LogP contribution in [0.15, 0.2) is 53.5 Å². The van der Waals surface area contributed by atoms with E-state index in [0.29, 0.717) is 22.7 Å². The maximum Gasteiger partial charge on any atom is 0.342 e. The van der Waals surface area contributed by atoms with Crippen LogP contribution in [0.1, 0.15) is 41.4 Å². The Bertz CT molecular complexity index is 1060. The molecule has 132 valence electrons. The summed E-state index contributed by atoms with van der Waals surface area (Å²) in [6.07, 6.45) is 1.66. The topological polar surface area (TPSA) is 69.9 Å². The van der Waals surface area contributed by atoms with Crippen LogP contribution in [0.2, 0.25) is 0 Å². The highest BCUT2D eigenvalue weighted by Crippen LogP contribution is 2.40. The van der Waals surface area contributed by atoms with Gasteiger partial charge in [0.15, 0.2) is 0 Å². The summed E-state index contributed by atoms with van der Waals surface area (Å²) in [4.78, 5) is 29.0.